The second kappa shape index (κ2) is 5.05. The van der Waals surface area contributed by atoms with E-state index in [2.05, 4.69) is 31.0 Å². The van der Waals surface area contributed by atoms with Crippen molar-refractivity contribution in [3.63, 3.8) is 0 Å². The van der Waals surface area contributed by atoms with E-state index >= 15 is 0 Å². The highest BCUT2D eigenvalue weighted by atomic mass is 19.1. The number of halogens is 1. The molecular weight excluding hydrogens is 215 g/mol. The van der Waals surface area contributed by atoms with Gasteiger partial charge in [-0.3, -0.25) is 0 Å². The van der Waals surface area contributed by atoms with Gasteiger partial charge in [-0.2, -0.15) is 0 Å². The van der Waals surface area contributed by atoms with Crippen molar-refractivity contribution < 1.29 is 4.39 Å². The van der Waals surface area contributed by atoms with Crippen molar-refractivity contribution in [2.75, 3.05) is 18.0 Å². The van der Waals surface area contributed by atoms with Crippen LogP contribution < -0.4 is 10.2 Å². The average molecular weight is 236 g/mol. The molecule has 0 aliphatic carbocycles. The van der Waals surface area contributed by atoms with Crippen molar-refractivity contribution >= 4 is 5.69 Å². The van der Waals surface area contributed by atoms with Gasteiger partial charge in [-0.25, -0.2) is 4.39 Å². The van der Waals surface area contributed by atoms with Crippen molar-refractivity contribution in [2.45, 2.75) is 32.9 Å². The second-order valence-electron chi connectivity index (χ2n) is 5.25. The van der Waals surface area contributed by atoms with Crippen LogP contribution in [0.25, 0.3) is 0 Å². The fourth-order valence-electron chi connectivity index (χ4n) is 2.47. The molecule has 0 aromatic heterocycles. The van der Waals surface area contributed by atoms with Gasteiger partial charge in [-0.05, 0) is 31.0 Å². The van der Waals surface area contributed by atoms with Gasteiger partial charge in [-0.1, -0.05) is 19.9 Å². The molecule has 0 saturated carbocycles. The fraction of sp³-hybridized carbons (Fsp3) is 0.571. The van der Waals surface area contributed by atoms with Crippen molar-refractivity contribution in [2.24, 2.45) is 5.92 Å². The second-order valence-corrected chi connectivity index (χ2v) is 5.25. The predicted octanol–water partition coefficient (Wildman–Crippen LogP) is 2.65. The highest BCUT2D eigenvalue weighted by molar-refractivity contribution is 5.48. The van der Waals surface area contributed by atoms with E-state index in [-0.39, 0.29) is 5.82 Å². The maximum atomic E-state index is 13.3. The molecule has 1 aromatic carbocycles. The van der Waals surface area contributed by atoms with Gasteiger partial charge in [0.1, 0.15) is 5.82 Å². The molecule has 17 heavy (non-hydrogen) atoms. The van der Waals surface area contributed by atoms with Gasteiger partial charge >= 0.3 is 0 Å². The minimum Gasteiger partial charge on any atom is -0.365 e. The fourth-order valence-corrected chi connectivity index (χ4v) is 2.47. The lowest BCUT2D eigenvalue weighted by Gasteiger charge is -2.43. The van der Waals surface area contributed by atoms with E-state index in [9.17, 15) is 4.39 Å². The molecule has 2 atom stereocenters. The SMILES string of the molecule is CC1CN(c2cccc(F)c2)C(C(C)C)CN1. The van der Waals surface area contributed by atoms with Crippen molar-refractivity contribution in [1.29, 1.82) is 0 Å². The normalized spacial score (nSPS) is 25.4. The predicted molar refractivity (Wildman–Crippen MR) is 69.8 cm³/mol. The largest absolute Gasteiger partial charge is 0.365 e. The van der Waals surface area contributed by atoms with Gasteiger partial charge in [0.2, 0.25) is 0 Å². The van der Waals surface area contributed by atoms with Gasteiger partial charge in [0.25, 0.3) is 0 Å². The Labute approximate surface area is 103 Å². The summed E-state index contributed by atoms with van der Waals surface area (Å²) in [6.07, 6.45) is 0. The molecule has 2 unspecified atom stereocenters. The van der Waals surface area contributed by atoms with E-state index in [4.69, 9.17) is 0 Å². The van der Waals surface area contributed by atoms with Crippen LogP contribution in [-0.4, -0.2) is 25.2 Å². The number of piperazine rings is 1. The molecule has 1 fully saturated rings. The third-order valence-electron chi connectivity index (χ3n) is 3.46. The van der Waals surface area contributed by atoms with Gasteiger partial charge in [0, 0.05) is 30.9 Å². The van der Waals surface area contributed by atoms with E-state index in [0.29, 0.717) is 18.0 Å². The summed E-state index contributed by atoms with van der Waals surface area (Å²) in [7, 11) is 0. The first kappa shape index (κ1) is 12.4. The maximum Gasteiger partial charge on any atom is 0.125 e. The Hall–Kier alpha value is -1.09. The summed E-state index contributed by atoms with van der Waals surface area (Å²) >= 11 is 0. The number of nitrogens with one attached hydrogen (secondary N) is 1. The summed E-state index contributed by atoms with van der Waals surface area (Å²) in [5.74, 6) is 0.398. The molecule has 2 rings (SSSR count). The summed E-state index contributed by atoms with van der Waals surface area (Å²) in [5, 5.41) is 3.49. The summed E-state index contributed by atoms with van der Waals surface area (Å²) in [6, 6.07) is 7.80. The Bertz CT molecular complexity index is 378. The van der Waals surface area contributed by atoms with E-state index < -0.39 is 0 Å². The number of rotatable bonds is 2. The van der Waals surface area contributed by atoms with Gasteiger partial charge in [0.15, 0.2) is 0 Å². The third-order valence-corrected chi connectivity index (χ3v) is 3.46. The molecule has 1 aromatic rings. The first-order chi connectivity index (χ1) is 8.08. The summed E-state index contributed by atoms with van der Waals surface area (Å²) in [5.41, 5.74) is 0.997. The quantitative estimate of drug-likeness (QED) is 0.849. The van der Waals surface area contributed by atoms with E-state index in [1.165, 1.54) is 6.07 Å². The number of nitrogens with zero attached hydrogens (tertiary/aromatic N) is 1. The molecule has 0 amide bonds. The summed E-state index contributed by atoms with van der Waals surface area (Å²) in [4.78, 5) is 2.33. The molecule has 1 N–H and O–H groups in total. The molecular formula is C14H21FN2. The molecule has 2 nitrogen and oxygen atoms in total. The number of hydrogen-bond acceptors (Lipinski definition) is 2. The van der Waals surface area contributed by atoms with Crippen molar-refractivity contribution in [3.8, 4) is 0 Å². The van der Waals surface area contributed by atoms with Crippen LogP contribution in [-0.2, 0) is 0 Å². The highest BCUT2D eigenvalue weighted by Gasteiger charge is 2.28. The Kier molecular flexibility index (Phi) is 3.67. The molecule has 94 valence electrons. The highest BCUT2D eigenvalue weighted by Crippen LogP contribution is 2.24. The lowest BCUT2D eigenvalue weighted by Crippen LogP contribution is -2.57. The Balaban J connectivity index is 2.25. The van der Waals surface area contributed by atoms with Crippen molar-refractivity contribution in [3.05, 3.63) is 30.1 Å². The Morgan fingerprint density at radius 1 is 1.41 bits per heavy atom. The zero-order chi connectivity index (χ0) is 12.4. The van der Waals surface area contributed by atoms with E-state index in [1.807, 2.05) is 6.07 Å². The minimum absolute atomic E-state index is 0.156. The summed E-state index contributed by atoms with van der Waals surface area (Å²) in [6.45, 7) is 8.51. The topological polar surface area (TPSA) is 15.3 Å². The maximum absolute atomic E-state index is 13.3. The molecule has 0 spiro atoms. The molecule has 1 saturated heterocycles. The Morgan fingerprint density at radius 3 is 2.82 bits per heavy atom. The van der Waals surface area contributed by atoms with Crippen LogP contribution in [0.5, 0.6) is 0 Å². The van der Waals surface area contributed by atoms with Gasteiger partial charge in [-0.15, -0.1) is 0 Å². The monoisotopic (exact) mass is 236 g/mol. The molecule has 0 radical (unpaired) electrons. The zero-order valence-corrected chi connectivity index (χ0v) is 10.8. The van der Waals surface area contributed by atoms with Crippen LogP contribution in [0.3, 0.4) is 0 Å². The lowest BCUT2D eigenvalue weighted by atomic mass is 9.98. The number of benzene rings is 1. The first-order valence-electron chi connectivity index (χ1n) is 6.33. The van der Waals surface area contributed by atoms with E-state index in [0.717, 1.165) is 18.8 Å². The van der Waals surface area contributed by atoms with Crippen LogP contribution >= 0.6 is 0 Å². The molecule has 1 aliphatic heterocycles. The standard InChI is InChI=1S/C14H21FN2/c1-10(2)14-8-16-11(3)9-17(14)13-6-4-5-12(15)7-13/h4-7,10-11,14,16H,8-9H2,1-3H3. The first-order valence-corrected chi connectivity index (χ1v) is 6.33. The number of anilines is 1. The number of hydrogen-bond donors (Lipinski definition) is 1. The average Bonchev–Trinajstić information content (AvgIpc) is 2.28. The lowest BCUT2D eigenvalue weighted by molar-refractivity contribution is 0.349. The van der Waals surface area contributed by atoms with E-state index in [1.54, 1.807) is 12.1 Å². The molecule has 1 aliphatic rings. The van der Waals surface area contributed by atoms with Gasteiger partial charge < -0.3 is 10.2 Å². The van der Waals surface area contributed by atoms with Crippen LogP contribution in [0.4, 0.5) is 10.1 Å². The third kappa shape index (κ3) is 2.78. The van der Waals surface area contributed by atoms with Crippen LogP contribution in [0.1, 0.15) is 20.8 Å². The molecule has 1 heterocycles. The summed E-state index contributed by atoms with van der Waals surface area (Å²) < 4.78 is 13.3. The van der Waals surface area contributed by atoms with Crippen LogP contribution in [0.15, 0.2) is 24.3 Å². The molecule has 0 bridgehead atoms. The van der Waals surface area contributed by atoms with Gasteiger partial charge in [0.05, 0.1) is 0 Å². The zero-order valence-electron chi connectivity index (χ0n) is 10.8. The van der Waals surface area contributed by atoms with Crippen LogP contribution in [0, 0.1) is 11.7 Å². The minimum atomic E-state index is -0.156. The van der Waals surface area contributed by atoms with Crippen molar-refractivity contribution in [1.82, 2.24) is 5.32 Å². The smallest absolute Gasteiger partial charge is 0.125 e. The molecule has 3 heteroatoms. The van der Waals surface area contributed by atoms with Crippen LogP contribution in [0.2, 0.25) is 0 Å². The Morgan fingerprint density at radius 2 is 2.18 bits per heavy atom.